The van der Waals surface area contributed by atoms with Crippen molar-refractivity contribution in [3.8, 4) is 0 Å². The Morgan fingerprint density at radius 1 is 0.923 bits per heavy atom. The van der Waals surface area contributed by atoms with E-state index in [1.54, 1.807) is 11.8 Å². The molecule has 0 spiro atoms. The van der Waals surface area contributed by atoms with Gasteiger partial charge < -0.3 is 9.64 Å². The van der Waals surface area contributed by atoms with Crippen LogP contribution in [0.4, 0.5) is 11.4 Å². The lowest BCUT2D eigenvalue weighted by molar-refractivity contribution is -0.149. The number of carbonyl (C=O) groups excluding carboxylic acids is 1. The van der Waals surface area contributed by atoms with E-state index in [4.69, 9.17) is 4.74 Å². The Morgan fingerprint density at radius 2 is 1.42 bits per heavy atom. The second-order valence-corrected chi connectivity index (χ2v) is 7.96. The van der Waals surface area contributed by atoms with Gasteiger partial charge in [0.25, 0.3) is 0 Å². The van der Waals surface area contributed by atoms with Crippen LogP contribution in [-0.4, -0.2) is 24.4 Å². The molecule has 1 atom stereocenters. The van der Waals surface area contributed by atoms with Crippen molar-refractivity contribution >= 4 is 29.1 Å². The van der Waals surface area contributed by atoms with Crippen LogP contribution in [0.5, 0.6) is 0 Å². The van der Waals surface area contributed by atoms with Gasteiger partial charge in [0, 0.05) is 16.3 Å². The van der Waals surface area contributed by atoms with Gasteiger partial charge in [-0.1, -0.05) is 31.5 Å². The van der Waals surface area contributed by atoms with Crippen molar-refractivity contribution in [3.63, 3.8) is 0 Å². The zero-order valence-electron chi connectivity index (χ0n) is 16.5. The minimum atomic E-state index is -0.389. The number of thioether (sulfide) groups is 1. The smallest absolute Gasteiger partial charge is 0.329 e. The Hall–Kier alpha value is -1.94. The molecule has 0 aromatic heterocycles. The molecule has 2 aromatic rings. The Balaban J connectivity index is 2.52. The number of hydrogen-bond acceptors (Lipinski definition) is 4. The molecule has 0 aliphatic carbocycles. The highest BCUT2D eigenvalue weighted by Gasteiger charge is 2.32. The molecule has 2 rings (SSSR count). The van der Waals surface area contributed by atoms with Crippen LogP contribution in [0, 0.1) is 12.8 Å². The standard InChI is InChI=1S/C22H29NO2S/c1-15(2)21(22(24)25-16(3)4)23(18-9-7-17(5)8-10-18)19-11-13-20(26-6)14-12-19/h7-16,21H,1-6H3. The predicted molar refractivity (Wildman–Crippen MR) is 111 cm³/mol. The van der Waals surface area contributed by atoms with Gasteiger partial charge >= 0.3 is 5.97 Å². The highest BCUT2D eigenvalue weighted by molar-refractivity contribution is 7.98. The van der Waals surface area contributed by atoms with E-state index in [0.717, 1.165) is 11.4 Å². The molecule has 0 saturated carbocycles. The maximum Gasteiger partial charge on any atom is 0.329 e. The number of aryl methyl sites for hydroxylation is 1. The van der Waals surface area contributed by atoms with E-state index in [-0.39, 0.29) is 24.0 Å². The molecule has 0 saturated heterocycles. The second kappa shape index (κ2) is 9.13. The minimum absolute atomic E-state index is 0.0998. The highest BCUT2D eigenvalue weighted by atomic mass is 32.2. The third kappa shape index (κ3) is 5.04. The SMILES string of the molecule is CSc1ccc(N(c2ccc(C)cc2)C(C(=O)OC(C)C)C(C)C)cc1. The molecule has 4 heteroatoms. The summed E-state index contributed by atoms with van der Waals surface area (Å²) in [6.45, 7) is 9.96. The summed E-state index contributed by atoms with van der Waals surface area (Å²) >= 11 is 1.71. The number of esters is 1. The van der Waals surface area contributed by atoms with Gasteiger partial charge in [-0.05, 0) is 69.3 Å². The van der Waals surface area contributed by atoms with Gasteiger partial charge in [-0.15, -0.1) is 11.8 Å². The molecule has 0 fully saturated rings. The van der Waals surface area contributed by atoms with Crippen LogP contribution in [0.25, 0.3) is 0 Å². The average molecular weight is 372 g/mol. The number of hydrogen-bond donors (Lipinski definition) is 0. The molecule has 0 amide bonds. The number of ether oxygens (including phenoxy) is 1. The van der Waals surface area contributed by atoms with Crippen molar-refractivity contribution < 1.29 is 9.53 Å². The summed E-state index contributed by atoms with van der Waals surface area (Å²) in [4.78, 5) is 16.2. The number of rotatable bonds is 7. The van der Waals surface area contributed by atoms with Gasteiger partial charge in [-0.25, -0.2) is 4.79 Å². The lowest BCUT2D eigenvalue weighted by atomic mass is 10.00. The first kappa shape index (κ1) is 20.4. The zero-order chi connectivity index (χ0) is 19.3. The molecule has 3 nitrogen and oxygen atoms in total. The monoisotopic (exact) mass is 371 g/mol. The molecule has 140 valence electrons. The van der Waals surface area contributed by atoms with Crippen LogP contribution >= 0.6 is 11.8 Å². The van der Waals surface area contributed by atoms with Crippen LogP contribution in [0.3, 0.4) is 0 Å². The van der Waals surface area contributed by atoms with E-state index in [1.165, 1.54) is 10.5 Å². The predicted octanol–water partition coefficient (Wildman–Crippen LogP) is 5.83. The van der Waals surface area contributed by atoms with Crippen molar-refractivity contribution in [2.24, 2.45) is 5.92 Å². The summed E-state index contributed by atoms with van der Waals surface area (Å²) in [7, 11) is 0. The highest BCUT2D eigenvalue weighted by Crippen LogP contribution is 2.33. The number of carbonyl (C=O) groups is 1. The van der Waals surface area contributed by atoms with Gasteiger partial charge in [-0.3, -0.25) is 0 Å². The normalized spacial score (nSPS) is 12.3. The van der Waals surface area contributed by atoms with Crippen molar-refractivity contribution in [3.05, 3.63) is 54.1 Å². The zero-order valence-corrected chi connectivity index (χ0v) is 17.3. The largest absolute Gasteiger partial charge is 0.461 e. The fourth-order valence-electron chi connectivity index (χ4n) is 2.90. The fourth-order valence-corrected chi connectivity index (χ4v) is 3.30. The van der Waals surface area contributed by atoms with Gasteiger partial charge in [-0.2, -0.15) is 0 Å². The van der Waals surface area contributed by atoms with Crippen molar-refractivity contribution in [2.45, 2.75) is 51.7 Å². The van der Waals surface area contributed by atoms with E-state index in [1.807, 2.05) is 13.8 Å². The minimum Gasteiger partial charge on any atom is -0.461 e. The lowest BCUT2D eigenvalue weighted by Crippen LogP contribution is -2.44. The lowest BCUT2D eigenvalue weighted by Gasteiger charge is -2.35. The molecule has 0 radical (unpaired) electrons. The quantitative estimate of drug-likeness (QED) is 0.452. The van der Waals surface area contributed by atoms with Gasteiger partial charge in [0.1, 0.15) is 6.04 Å². The van der Waals surface area contributed by atoms with E-state index < -0.39 is 0 Å². The Bertz CT molecular complexity index is 708. The number of nitrogens with zero attached hydrogens (tertiary/aromatic N) is 1. The van der Waals surface area contributed by atoms with E-state index in [9.17, 15) is 4.79 Å². The Labute approximate surface area is 161 Å². The van der Waals surface area contributed by atoms with Gasteiger partial charge in [0.05, 0.1) is 6.10 Å². The Kier molecular flexibility index (Phi) is 7.15. The van der Waals surface area contributed by atoms with E-state index >= 15 is 0 Å². The number of benzene rings is 2. The molecular weight excluding hydrogens is 342 g/mol. The molecule has 26 heavy (non-hydrogen) atoms. The first-order valence-corrected chi connectivity index (χ1v) is 10.3. The summed E-state index contributed by atoms with van der Waals surface area (Å²) < 4.78 is 5.58. The van der Waals surface area contributed by atoms with Crippen LogP contribution < -0.4 is 4.90 Å². The molecule has 0 aliphatic rings. The van der Waals surface area contributed by atoms with Crippen LogP contribution in [0.15, 0.2) is 53.4 Å². The molecule has 0 aliphatic heterocycles. The molecule has 0 N–H and O–H groups in total. The summed E-state index contributed by atoms with van der Waals surface area (Å²) in [5.74, 6) is -0.0905. The van der Waals surface area contributed by atoms with Crippen LogP contribution in [0.1, 0.15) is 33.3 Å². The van der Waals surface area contributed by atoms with Gasteiger partial charge in [0.2, 0.25) is 0 Å². The maximum absolute atomic E-state index is 12.9. The molecule has 0 bridgehead atoms. The molecule has 0 heterocycles. The first-order chi connectivity index (χ1) is 12.3. The number of anilines is 2. The van der Waals surface area contributed by atoms with Crippen LogP contribution in [0.2, 0.25) is 0 Å². The topological polar surface area (TPSA) is 29.5 Å². The summed E-state index contributed by atoms with van der Waals surface area (Å²) in [6.07, 6.45) is 1.92. The summed E-state index contributed by atoms with van der Waals surface area (Å²) in [6, 6.07) is 16.2. The van der Waals surface area contributed by atoms with Gasteiger partial charge in [0.15, 0.2) is 0 Å². The second-order valence-electron chi connectivity index (χ2n) is 7.08. The maximum atomic E-state index is 12.9. The van der Waals surface area contributed by atoms with E-state index in [2.05, 4.69) is 80.5 Å². The van der Waals surface area contributed by atoms with Crippen molar-refractivity contribution in [1.82, 2.24) is 0 Å². The van der Waals surface area contributed by atoms with Crippen LogP contribution in [-0.2, 0) is 9.53 Å². The third-order valence-corrected chi connectivity index (χ3v) is 4.91. The first-order valence-electron chi connectivity index (χ1n) is 9.04. The molecule has 1 unspecified atom stereocenters. The van der Waals surface area contributed by atoms with Crippen molar-refractivity contribution in [2.75, 3.05) is 11.2 Å². The Morgan fingerprint density at radius 3 is 1.85 bits per heavy atom. The van der Waals surface area contributed by atoms with Crippen molar-refractivity contribution in [1.29, 1.82) is 0 Å². The molecule has 2 aromatic carbocycles. The fraction of sp³-hybridized carbons (Fsp3) is 0.409. The van der Waals surface area contributed by atoms with E-state index in [0.29, 0.717) is 0 Å². The third-order valence-electron chi connectivity index (χ3n) is 4.17. The molecular formula is C22H29NO2S. The summed E-state index contributed by atoms with van der Waals surface area (Å²) in [5.41, 5.74) is 3.18. The summed E-state index contributed by atoms with van der Waals surface area (Å²) in [5, 5.41) is 0. The average Bonchev–Trinajstić information content (AvgIpc) is 2.59.